The third-order valence-corrected chi connectivity index (χ3v) is 2.78. The van der Waals surface area contributed by atoms with Gasteiger partial charge in [-0.15, -0.1) is 0 Å². The van der Waals surface area contributed by atoms with E-state index in [1.807, 2.05) is 19.9 Å². The number of hydrogen-bond donors (Lipinski definition) is 2. The van der Waals surface area contributed by atoms with Gasteiger partial charge >= 0.3 is 0 Å². The number of furan rings is 1. The van der Waals surface area contributed by atoms with Gasteiger partial charge in [0.15, 0.2) is 5.76 Å². The fourth-order valence-corrected chi connectivity index (χ4v) is 2.04. The molecule has 0 bridgehead atoms. The molecule has 0 aromatic carbocycles. The Morgan fingerprint density at radius 2 is 2.25 bits per heavy atom. The number of hydrogen-bond acceptors (Lipinski definition) is 4. The average molecular weight is 219 g/mol. The number of aryl methyl sites for hydroxylation is 1. The zero-order chi connectivity index (χ0) is 11.3. The summed E-state index contributed by atoms with van der Waals surface area (Å²) in [5.41, 5.74) is 2.69. The minimum absolute atomic E-state index is 0.651. The number of aliphatic hydroxyl groups is 1. The third-order valence-electron chi connectivity index (χ3n) is 2.78. The molecule has 4 nitrogen and oxygen atoms in total. The van der Waals surface area contributed by atoms with Crippen LogP contribution in [0.5, 0.6) is 0 Å². The van der Waals surface area contributed by atoms with Gasteiger partial charge < -0.3 is 19.6 Å². The van der Waals surface area contributed by atoms with Gasteiger partial charge in [0.1, 0.15) is 17.2 Å². The molecule has 3 rings (SSSR count). The van der Waals surface area contributed by atoms with E-state index in [0.717, 1.165) is 23.6 Å². The number of nitrogens with one attached hydrogen (secondary N) is 1. The van der Waals surface area contributed by atoms with Crippen molar-refractivity contribution in [1.82, 2.24) is 5.32 Å². The molecule has 1 atom stereocenters. The summed E-state index contributed by atoms with van der Waals surface area (Å²) in [6, 6.07) is 1.80. The minimum atomic E-state index is -0.935. The van der Waals surface area contributed by atoms with Crippen LogP contribution in [0.15, 0.2) is 27.9 Å². The van der Waals surface area contributed by atoms with Gasteiger partial charge in [0.2, 0.25) is 6.29 Å². The molecule has 0 saturated carbocycles. The highest BCUT2D eigenvalue weighted by atomic mass is 16.6. The monoisotopic (exact) mass is 219 g/mol. The molecular formula is C12H13NO3. The molecule has 0 radical (unpaired) electrons. The molecule has 16 heavy (non-hydrogen) atoms. The van der Waals surface area contributed by atoms with Crippen LogP contribution in [0, 0.1) is 6.92 Å². The summed E-state index contributed by atoms with van der Waals surface area (Å²) in [7, 11) is 0. The van der Waals surface area contributed by atoms with Crippen LogP contribution >= 0.6 is 0 Å². The van der Waals surface area contributed by atoms with Gasteiger partial charge in [0, 0.05) is 6.54 Å². The highest BCUT2D eigenvalue weighted by Crippen LogP contribution is 2.37. The number of allylic oxidation sites excluding steroid dienone is 1. The molecule has 2 aliphatic heterocycles. The second-order valence-electron chi connectivity index (χ2n) is 4.20. The van der Waals surface area contributed by atoms with Crippen LogP contribution in [0.1, 0.15) is 30.3 Å². The standard InChI is InChI=1S/C12H13NO3/c1-6-3-9-10(13-5-6)11-8(12(14)16-9)4-7(2)15-11/h3-4,12-14H,5H2,1-2H3. The van der Waals surface area contributed by atoms with Crippen molar-refractivity contribution in [1.29, 1.82) is 0 Å². The predicted molar refractivity (Wildman–Crippen MR) is 58.2 cm³/mol. The van der Waals surface area contributed by atoms with Crippen LogP contribution in [0.2, 0.25) is 0 Å². The molecule has 1 unspecified atom stereocenters. The highest BCUT2D eigenvalue weighted by Gasteiger charge is 2.31. The maximum Gasteiger partial charge on any atom is 0.228 e. The zero-order valence-corrected chi connectivity index (χ0v) is 9.20. The maximum atomic E-state index is 9.83. The van der Waals surface area contributed by atoms with Gasteiger partial charge in [0.05, 0.1) is 5.56 Å². The molecule has 0 fully saturated rings. The third kappa shape index (κ3) is 1.27. The van der Waals surface area contributed by atoms with Crippen LogP contribution in [-0.2, 0) is 4.74 Å². The Balaban J connectivity index is 2.18. The van der Waals surface area contributed by atoms with Crippen LogP contribution in [0.25, 0.3) is 5.70 Å². The second kappa shape index (κ2) is 3.15. The molecule has 2 N–H and O–H groups in total. The van der Waals surface area contributed by atoms with Crippen molar-refractivity contribution in [3.8, 4) is 0 Å². The number of aliphatic hydroxyl groups excluding tert-OH is 1. The molecule has 0 aliphatic carbocycles. The fraction of sp³-hybridized carbons (Fsp3) is 0.333. The summed E-state index contributed by atoms with van der Waals surface area (Å²) >= 11 is 0. The Morgan fingerprint density at radius 3 is 3.06 bits per heavy atom. The molecule has 0 amide bonds. The Bertz CT molecular complexity index is 510. The molecule has 84 valence electrons. The summed E-state index contributed by atoms with van der Waals surface area (Å²) in [6.07, 6.45) is 0.991. The van der Waals surface area contributed by atoms with E-state index in [1.165, 1.54) is 0 Å². The molecule has 1 aromatic rings. The Labute approximate surface area is 93.2 Å². The molecule has 0 saturated heterocycles. The smallest absolute Gasteiger partial charge is 0.228 e. The summed E-state index contributed by atoms with van der Waals surface area (Å²) in [6.45, 7) is 4.64. The molecular weight excluding hydrogens is 206 g/mol. The van der Waals surface area contributed by atoms with Crippen LogP contribution in [-0.4, -0.2) is 11.7 Å². The highest BCUT2D eigenvalue weighted by molar-refractivity contribution is 5.70. The first-order chi connectivity index (χ1) is 7.65. The number of dihydropyridines is 1. The van der Waals surface area contributed by atoms with Gasteiger partial charge in [-0.25, -0.2) is 0 Å². The summed E-state index contributed by atoms with van der Waals surface area (Å²) in [4.78, 5) is 0. The lowest BCUT2D eigenvalue weighted by molar-refractivity contribution is -0.0676. The van der Waals surface area contributed by atoms with Crippen LogP contribution < -0.4 is 5.32 Å². The lowest BCUT2D eigenvalue weighted by atomic mass is 10.1. The molecule has 2 aliphatic rings. The van der Waals surface area contributed by atoms with Crippen molar-refractivity contribution in [2.45, 2.75) is 20.1 Å². The van der Waals surface area contributed by atoms with Gasteiger partial charge in [-0.1, -0.05) is 5.57 Å². The van der Waals surface area contributed by atoms with Crippen molar-refractivity contribution >= 4 is 5.70 Å². The number of ether oxygens (including phenoxy) is 1. The summed E-state index contributed by atoms with van der Waals surface area (Å²) in [5, 5.41) is 13.1. The van der Waals surface area contributed by atoms with Crippen molar-refractivity contribution in [3.05, 3.63) is 40.6 Å². The van der Waals surface area contributed by atoms with Crippen molar-refractivity contribution in [3.63, 3.8) is 0 Å². The molecule has 0 spiro atoms. The molecule has 3 heterocycles. The van der Waals surface area contributed by atoms with E-state index in [4.69, 9.17) is 9.15 Å². The van der Waals surface area contributed by atoms with Gasteiger partial charge in [-0.3, -0.25) is 0 Å². The normalized spacial score (nSPS) is 22.9. The first-order valence-corrected chi connectivity index (χ1v) is 5.26. The largest absolute Gasteiger partial charge is 0.459 e. The van der Waals surface area contributed by atoms with E-state index in [9.17, 15) is 5.11 Å². The molecule has 4 heteroatoms. The lowest BCUT2D eigenvalue weighted by Gasteiger charge is -2.26. The van der Waals surface area contributed by atoms with Crippen molar-refractivity contribution in [2.75, 3.05) is 6.54 Å². The average Bonchev–Trinajstić information content (AvgIpc) is 2.60. The summed E-state index contributed by atoms with van der Waals surface area (Å²) in [5.74, 6) is 2.11. The van der Waals surface area contributed by atoms with Crippen molar-refractivity contribution < 1.29 is 14.3 Å². The van der Waals surface area contributed by atoms with Gasteiger partial charge in [-0.05, 0) is 26.0 Å². The van der Waals surface area contributed by atoms with E-state index < -0.39 is 6.29 Å². The predicted octanol–water partition coefficient (Wildman–Crippen LogP) is 1.83. The van der Waals surface area contributed by atoms with Crippen molar-refractivity contribution in [2.24, 2.45) is 0 Å². The minimum Gasteiger partial charge on any atom is -0.459 e. The van der Waals surface area contributed by atoms with E-state index >= 15 is 0 Å². The fourth-order valence-electron chi connectivity index (χ4n) is 2.04. The van der Waals surface area contributed by atoms with E-state index in [1.54, 1.807) is 6.07 Å². The van der Waals surface area contributed by atoms with Gasteiger partial charge in [0.25, 0.3) is 0 Å². The Morgan fingerprint density at radius 1 is 1.44 bits per heavy atom. The number of fused-ring (bicyclic) bond motifs is 2. The maximum absolute atomic E-state index is 9.83. The summed E-state index contributed by atoms with van der Waals surface area (Å²) < 4.78 is 11.0. The van der Waals surface area contributed by atoms with Crippen LogP contribution in [0.4, 0.5) is 0 Å². The first-order valence-electron chi connectivity index (χ1n) is 5.26. The van der Waals surface area contributed by atoms with E-state index in [0.29, 0.717) is 17.1 Å². The van der Waals surface area contributed by atoms with E-state index in [-0.39, 0.29) is 0 Å². The van der Waals surface area contributed by atoms with E-state index in [2.05, 4.69) is 5.32 Å². The first kappa shape index (κ1) is 9.54. The van der Waals surface area contributed by atoms with Gasteiger partial charge in [-0.2, -0.15) is 0 Å². The zero-order valence-electron chi connectivity index (χ0n) is 9.20. The SMILES string of the molecule is CC1=CC2=C(NC1)c1oc(C)cc1C(O)O2. The molecule has 1 aromatic heterocycles. The Hall–Kier alpha value is -1.68. The Kier molecular flexibility index (Phi) is 1.88. The van der Waals surface area contributed by atoms with Crippen LogP contribution in [0.3, 0.4) is 0 Å². The number of rotatable bonds is 0. The lowest BCUT2D eigenvalue weighted by Crippen LogP contribution is -2.25. The second-order valence-corrected chi connectivity index (χ2v) is 4.20. The quantitative estimate of drug-likeness (QED) is 0.699. The topological polar surface area (TPSA) is 54.6 Å².